The number of hydrogen-bond donors (Lipinski definition) is 1. The molecule has 0 amide bonds. The van der Waals surface area contributed by atoms with Crippen molar-refractivity contribution in [2.75, 3.05) is 19.8 Å². The number of aromatic amines is 1. The van der Waals surface area contributed by atoms with Crippen LogP contribution in [-0.2, 0) is 14.2 Å². The third-order valence-corrected chi connectivity index (χ3v) is 5.25. The quantitative estimate of drug-likeness (QED) is 0.229. The largest absolute Gasteiger partial charge is 0.462 e. The summed E-state index contributed by atoms with van der Waals surface area (Å²) >= 11 is 1.80. The molecule has 10 heteroatoms. The summed E-state index contributed by atoms with van der Waals surface area (Å²) in [5.74, 6) is -1.00. The van der Waals surface area contributed by atoms with Gasteiger partial charge in [-0.05, 0) is 46.9 Å². The molecule has 0 saturated carbocycles. The maximum Gasteiger partial charge on any atom is 0.338 e. The van der Waals surface area contributed by atoms with Crippen LogP contribution in [0.5, 0.6) is 0 Å². The van der Waals surface area contributed by atoms with E-state index in [-0.39, 0.29) is 29.8 Å². The average Bonchev–Trinajstić information content (AvgIpc) is 2.84. The Bertz CT molecular complexity index is 1190. The Labute approximate surface area is 202 Å². The van der Waals surface area contributed by atoms with Crippen LogP contribution in [0, 0.1) is 3.57 Å². The van der Waals surface area contributed by atoms with Crippen molar-refractivity contribution in [3.8, 4) is 0 Å². The second-order valence-electron chi connectivity index (χ2n) is 6.76. The zero-order valence-electron chi connectivity index (χ0n) is 17.4. The zero-order chi connectivity index (χ0) is 23.6. The molecule has 9 nitrogen and oxygen atoms in total. The van der Waals surface area contributed by atoms with Gasteiger partial charge in [-0.3, -0.25) is 14.3 Å². The van der Waals surface area contributed by atoms with Gasteiger partial charge in [0.1, 0.15) is 12.8 Å². The van der Waals surface area contributed by atoms with Gasteiger partial charge < -0.3 is 14.2 Å². The van der Waals surface area contributed by atoms with E-state index < -0.39 is 29.4 Å². The van der Waals surface area contributed by atoms with Crippen LogP contribution in [0.25, 0.3) is 0 Å². The summed E-state index contributed by atoms with van der Waals surface area (Å²) < 4.78 is 17.7. The molecule has 0 unspecified atom stereocenters. The standard InChI is InChI=1S/C23H21IN2O7/c24-18-15-26(23(30)25-20(18)27)19(11-12-32-21(28)16-7-3-1-4-8-16)31-13-14-33-22(29)17-9-5-2-6-10-17/h1-10,15,19H,11-14H2,(H,25,27,30)/t19-/m0/s1. The van der Waals surface area contributed by atoms with E-state index in [0.29, 0.717) is 11.1 Å². The molecule has 0 aliphatic rings. The van der Waals surface area contributed by atoms with Crippen LogP contribution in [0.4, 0.5) is 0 Å². The van der Waals surface area contributed by atoms with E-state index in [2.05, 4.69) is 4.98 Å². The predicted octanol–water partition coefficient (Wildman–Crippen LogP) is 2.76. The van der Waals surface area contributed by atoms with Crippen LogP contribution < -0.4 is 11.2 Å². The number of halogens is 1. The van der Waals surface area contributed by atoms with Crippen molar-refractivity contribution < 1.29 is 23.8 Å². The maximum atomic E-state index is 12.3. The Morgan fingerprint density at radius 2 is 1.39 bits per heavy atom. The molecule has 0 bridgehead atoms. The van der Waals surface area contributed by atoms with E-state index in [0.717, 1.165) is 0 Å². The van der Waals surface area contributed by atoms with E-state index >= 15 is 0 Å². The van der Waals surface area contributed by atoms with Gasteiger partial charge in [0.25, 0.3) is 5.56 Å². The van der Waals surface area contributed by atoms with Gasteiger partial charge in [0.2, 0.25) is 0 Å². The summed E-state index contributed by atoms with van der Waals surface area (Å²) in [4.78, 5) is 50.4. The molecule has 3 aromatic rings. The first-order valence-electron chi connectivity index (χ1n) is 10.0. The summed E-state index contributed by atoms with van der Waals surface area (Å²) in [5.41, 5.74) is -0.365. The summed E-state index contributed by atoms with van der Waals surface area (Å²) in [6, 6.07) is 17.0. The summed E-state index contributed by atoms with van der Waals surface area (Å²) in [6.45, 7) is -0.106. The molecule has 0 aliphatic carbocycles. The van der Waals surface area contributed by atoms with Gasteiger partial charge in [-0.2, -0.15) is 0 Å². The monoisotopic (exact) mass is 564 g/mol. The van der Waals surface area contributed by atoms with Gasteiger partial charge in [0.05, 0.1) is 27.9 Å². The minimum absolute atomic E-state index is 0.0159. The Morgan fingerprint density at radius 3 is 1.97 bits per heavy atom. The Hall–Kier alpha value is -3.25. The zero-order valence-corrected chi connectivity index (χ0v) is 19.6. The topological polar surface area (TPSA) is 117 Å². The van der Waals surface area contributed by atoms with E-state index in [4.69, 9.17) is 14.2 Å². The number of aromatic nitrogens is 2. The van der Waals surface area contributed by atoms with Crippen molar-refractivity contribution in [2.24, 2.45) is 0 Å². The minimum atomic E-state index is -0.859. The molecule has 172 valence electrons. The number of ether oxygens (including phenoxy) is 3. The number of benzene rings is 2. The normalized spacial score (nSPS) is 11.5. The molecule has 3 rings (SSSR count). The Kier molecular flexibility index (Phi) is 8.95. The van der Waals surface area contributed by atoms with E-state index in [1.807, 2.05) is 0 Å². The van der Waals surface area contributed by atoms with Crippen molar-refractivity contribution in [3.05, 3.63) is 102 Å². The van der Waals surface area contributed by atoms with Crippen LogP contribution in [0.3, 0.4) is 0 Å². The number of esters is 2. The smallest absolute Gasteiger partial charge is 0.338 e. The van der Waals surface area contributed by atoms with Gasteiger partial charge in [0.15, 0.2) is 0 Å². The number of nitrogens with zero attached hydrogens (tertiary/aromatic N) is 1. The van der Waals surface area contributed by atoms with Gasteiger partial charge in [-0.15, -0.1) is 0 Å². The van der Waals surface area contributed by atoms with Gasteiger partial charge in [0, 0.05) is 12.6 Å². The fraction of sp³-hybridized carbons (Fsp3) is 0.217. The van der Waals surface area contributed by atoms with E-state index in [1.54, 1.807) is 83.3 Å². The van der Waals surface area contributed by atoms with Crippen LogP contribution in [0.1, 0.15) is 33.4 Å². The third kappa shape index (κ3) is 7.12. The van der Waals surface area contributed by atoms with E-state index in [1.165, 1.54) is 10.8 Å². The number of carbonyl (C=O) groups excluding carboxylic acids is 2. The van der Waals surface area contributed by atoms with Crippen molar-refractivity contribution in [1.82, 2.24) is 9.55 Å². The van der Waals surface area contributed by atoms with Crippen LogP contribution in [0.2, 0.25) is 0 Å². The number of carbonyl (C=O) groups is 2. The maximum absolute atomic E-state index is 12.3. The highest BCUT2D eigenvalue weighted by atomic mass is 127. The number of hydrogen-bond acceptors (Lipinski definition) is 7. The SMILES string of the molecule is O=C(OCCO[C@@H](CCOC(=O)c1ccccc1)n1cc(I)c(=O)[nH]c1=O)c1ccccc1. The highest BCUT2D eigenvalue weighted by Gasteiger charge is 2.17. The van der Waals surface area contributed by atoms with Crippen LogP contribution in [-0.4, -0.2) is 41.3 Å². The number of rotatable bonds is 10. The highest BCUT2D eigenvalue weighted by molar-refractivity contribution is 14.1. The van der Waals surface area contributed by atoms with Crippen molar-refractivity contribution in [3.63, 3.8) is 0 Å². The molecule has 0 aliphatic heterocycles. The molecule has 0 saturated heterocycles. The average molecular weight is 564 g/mol. The lowest BCUT2D eigenvalue weighted by molar-refractivity contribution is -0.0397. The molecule has 33 heavy (non-hydrogen) atoms. The Morgan fingerprint density at radius 1 is 0.848 bits per heavy atom. The molecule has 0 radical (unpaired) electrons. The fourth-order valence-corrected chi connectivity index (χ4v) is 3.30. The minimum Gasteiger partial charge on any atom is -0.462 e. The lowest BCUT2D eigenvalue weighted by Crippen LogP contribution is -2.35. The summed E-state index contributed by atoms with van der Waals surface area (Å²) in [5, 5.41) is 0. The fourth-order valence-electron chi connectivity index (χ4n) is 2.86. The predicted molar refractivity (Wildman–Crippen MR) is 127 cm³/mol. The van der Waals surface area contributed by atoms with Crippen LogP contribution >= 0.6 is 22.6 Å². The molecule has 2 aromatic carbocycles. The lowest BCUT2D eigenvalue weighted by Gasteiger charge is -2.20. The van der Waals surface area contributed by atoms with Gasteiger partial charge in [-0.1, -0.05) is 36.4 Å². The second kappa shape index (κ2) is 12.1. The molecule has 1 aromatic heterocycles. The van der Waals surface area contributed by atoms with Crippen molar-refractivity contribution >= 4 is 34.5 Å². The molecule has 1 atom stereocenters. The molecule has 0 spiro atoms. The second-order valence-corrected chi connectivity index (χ2v) is 7.92. The summed E-state index contributed by atoms with van der Waals surface area (Å²) in [6.07, 6.45) is 0.635. The first kappa shape index (κ1) is 24.4. The highest BCUT2D eigenvalue weighted by Crippen LogP contribution is 2.13. The molecular formula is C23H21IN2O7. The molecule has 0 fully saturated rings. The molecular weight excluding hydrogens is 543 g/mol. The first-order valence-corrected chi connectivity index (χ1v) is 11.1. The van der Waals surface area contributed by atoms with Crippen molar-refractivity contribution in [2.45, 2.75) is 12.6 Å². The molecule has 1 N–H and O–H groups in total. The van der Waals surface area contributed by atoms with Gasteiger partial charge in [-0.25, -0.2) is 14.4 Å². The Balaban J connectivity index is 1.61. The summed E-state index contributed by atoms with van der Waals surface area (Å²) in [7, 11) is 0. The van der Waals surface area contributed by atoms with Crippen LogP contribution in [0.15, 0.2) is 76.4 Å². The molecule has 1 heterocycles. The third-order valence-electron chi connectivity index (χ3n) is 4.48. The van der Waals surface area contributed by atoms with E-state index in [9.17, 15) is 19.2 Å². The first-order chi connectivity index (χ1) is 16.0. The number of nitrogens with one attached hydrogen (secondary N) is 1. The lowest BCUT2D eigenvalue weighted by atomic mass is 10.2. The van der Waals surface area contributed by atoms with Gasteiger partial charge >= 0.3 is 17.6 Å². The number of H-pyrrole nitrogens is 1. The van der Waals surface area contributed by atoms with Crippen molar-refractivity contribution in [1.29, 1.82) is 0 Å².